The minimum absolute atomic E-state index is 0.0110. The fourth-order valence-electron chi connectivity index (χ4n) is 3.27. The lowest BCUT2D eigenvalue weighted by Gasteiger charge is -2.37. The van der Waals surface area contributed by atoms with Crippen molar-refractivity contribution in [2.75, 3.05) is 26.3 Å². The number of amides is 2. The molecule has 0 bridgehead atoms. The Morgan fingerprint density at radius 1 is 1.18 bits per heavy atom. The number of hydrogen-bond acceptors (Lipinski definition) is 5. The van der Waals surface area contributed by atoms with E-state index in [1.807, 2.05) is 30.5 Å². The van der Waals surface area contributed by atoms with Crippen LogP contribution in [0.4, 0.5) is 0 Å². The second-order valence-corrected chi connectivity index (χ2v) is 8.10. The van der Waals surface area contributed by atoms with Gasteiger partial charge < -0.3 is 15.4 Å². The lowest BCUT2D eigenvalue weighted by atomic mass is 10.1. The van der Waals surface area contributed by atoms with Crippen LogP contribution in [0.3, 0.4) is 0 Å². The molecule has 6 nitrogen and oxygen atoms in total. The quantitative estimate of drug-likeness (QED) is 0.703. The molecular weight excluding hydrogens is 398 g/mol. The summed E-state index contributed by atoms with van der Waals surface area (Å²) in [5, 5.41) is 8.17. The van der Waals surface area contributed by atoms with Gasteiger partial charge in [0.05, 0.1) is 19.3 Å². The topological polar surface area (TPSA) is 70.7 Å². The molecule has 1 aliphatic rings. The number of halogens is 1. The summed E-state index contributed by atoms with van der Waals surface area (Å²) < 4.78 is 5.45. The summed E-state index contributed by atoms with van der Waals surface area (Å²) in [7, 11) is 0. The van der Waals surface area contributed by atoms with Crippen molar-refractivity contribution in [3.63, 3.8) is 0 Å². The van der Waals surface area contributed by atoms with Gasteiger partial charge in [0.15, 0.2) is 0 Å². The van der Waals surface area contributed by atoms with E-state index in [2.05, 4.69) is 21.6 Å². The highest BCUT2D eigenvalue weighted by Gasteiger charge is 2.30. The van der Waals surface area contributed by atoms with E-state index in [9.17, 15) is 9.59 Å². The van der Waals surface area contributed by atoms with Gasteiger partial charge in [-0.1, -0.05) is 29.8 Å². The van der Waals surface area contributed by atoms with Gasteiger partial charge in [0.25, 0.3) is 0 Å². The molecule has 8 heteroatoms. The van der Waals surface area contributed by atoms with Gasteiger partial charge in [0.2, 0.25) is 0 Å². The number of benzene rings is 1. The number of thiophene rings is 1. The fourth-order valence-corrected chi connectivity index (χ4v) is 4.36. The normalized spacial score (nSPS) is 16.9. The largest absolute Gasteiger partial charge is 0.379 e. The Labute approximate surface area is 173 Å². The predicted molar refractivity (Wildman–Crippen MR) is 110 cm³/mol. The smallest absolute Gasteiger partial charge is 0.309 e. The molecule has 2 aromatic rings. The molecule has 28 heavy (non-hydrogen) atoms. The van der Waals surface area contributed by atoms with Crippen molar-refractivity contribution in [3.8, 4) is 0 Å². The number of carbonyl (C=O) groups is 2. The average molecular weight is 422 g/mol. The van der Waals surface area contributed by atoms with Crippen molar-refractivity contribution in [2.45, 2.75) is 25.6 Å². The Morgan fingerprint density at radius 2 is 1.89 bits per heavy atom. The van der Waals surface area contributed by atoms with Crippen molar-refractivity contribution < 1.29 is 14.3 Å². The van der Waals surface area contributed by atoms with Crippen molar-refractivity contribution in [1.82, 2.24) is 15.5 Å². The van der Waals surface area contributed by atoms with Crippen LogP contribution in [0.5, 0.6) is 0 Å². The van der Waals surface area contributed by atoms with E-state index in [-0.39, 0.29) is 18.6 Å². The molecule has 150 valence electrons. The van der Waals surface area contributed by atoms with E-state index in [0.29, 0.717) is 18.2 Å². The molecular formula is C20H24ClN3O3S. The number of hydrogen-bond donors (Lipinski definition) is 2. The van der Waals surface area contributed by atoms with Crippen LogP contribution in [-0.2, 0) is 20.9 Å². The van der Waals surface area contributed by atoms with Crippen molar-refractivity contribution in [3.05, 3.63) is 57.2 Å². The molecule has 1 aliphatic heterocycles. The van der Waals surface area contributed by atoms with E-state index in [4.69, 9.17) is 16.3 Å². The second-order valence-electron chi connectivity index (χ2n) is 6.68. The van der Waals surface area contributed by atoms with Crippen LogP contribution in [-0.4, -0.2) is 49.1 Å². The molecule has 1 aromatic carbocycles. The highest BCUT2D eigenvalue weighted by molar-refractivity contribution is 7.10. The standard InChI is InChI=1S/C20H24ClN3O3S/c1-14(18(17-3-2-12-28-17)24-8-10-27-11-9-24)23-20(26)19(25)22-13-15-4-6-16(21)7-5-15/h2-7,12,14,18H,8-11,13H2,1H3,(H,22,25)(H,23,26)/t14-,18+/m0/s1. The Kier molecular flexibility index (Phi) is 7.44. The van der Waals surface area contributed by atoms with E-state index in [1.165, 1.54) is 0 Å². The van der Waals surface area contributed by atoms with Gasteiger partial charge in [-0.3, -0.25) is 14.5 Å². The molecule has 3 rings (SSSR count). The molecule has 2 atom stereocenters. The molecule has 2 N–H and O–H groups in total. The number of morpholine rings is 1. The van der Waals surface area contributed by atoms with Crippen LogP contribution in [0.1, 0.15) is 23.4 Å². The SMILES string of the molecule is C[C@H](NC(=O)C(=O)NCc1ccc(Cl)cc1)[C@H](c1cccs1)N1CCOCC1. The predicted octanol–water partition coefficient (Wildman–Crippen LogP) is 2.60. The molecule has 0 spiro atoms. The third-order valence-corrected chi connectivity index (χ3v) is 5.87. The van der Waals surface area contributed by atoms with Crippen LogP contribution in [0.15, 0.2) is 41.8 Å². The number of nitrogens with one attached hydrogen (secondary N) is 2. The highest BCUT2D eigenvalue weighted by Crippen LogP contribution is 2.29. The molecule has 0 radical (unpaired) electrons. The molecule has 2 heterocycles. The van der Waals surface area contributed by atoms with E-state index >= 15 is 0 Å². The van der Waals surface area contributed by atoms with Crippen molar-refractivity contribution in [2.24, 2.45) is 0 Å². The number of ether oxygens (including phenoxy) is 1. The first-order valence-electron chi connectivity index (χ1n) is 9.23. The lowest BCUT2D eigenvalue weighted by Crippen LogP contribution is -2.51. The summed E-state index contributed by atoms with van der Waals surface area (Å²) in [6, 6.07) is 11.0. The molecule has 1 aromatic heterocycles. The summed E-state index contributed by atoms with van der Waals surface area (Å²) in [6.07, 6.45) is 0. The van der Waals surface area contributed by atoms with Crippen LogP contribution in [0, 0.1) is 0 Å². The van der Waals surface area contributed by atoms with Gasteiger partial charge in [-0.25, -0.2) is 0 Å². The summed E-state index contributed by atoms with van der Waals surface area (Å²) >= 11 is 7.51. The number of nitrogens with zero attached hydrogens (tertiary/aromatic N) is 1. The Hall–Kier alpha value is -1.93. The Bertz CT molecular complexity index is 777. The Balaban J connectivity index is 1.58. The first-order chi connectivity index (χ1) is 13.5. The maximum absolute atomic E-state index is 12.4. The zero-order valence-electron chi connectivity index (χ0n) is 15.7. The maximum atomic E-state index is 12.4. The molecule has 1 fully saturated rings. The first kappa shape index (κ1) is 20.8. The van der Waals surface area contributed by atoms with Gasteiger partial charge in [-0.05, 0) is 36.1 Å². The van der Waals surface area contributed by atoms with Crippen molar-refractivity contribution in [1.29, 1.82) is 0 Å². The third-order valence-electron chi connectivity index (χ3n) is 4.68. The van der Waals surface area contributed by atoms with Gasteiger partial charge in [0.1, 0.15) is 0 Å². The summed E-state index contributed by atoms with van der Waals surface area (Å²) in [4.78, 5) is 28.1. The second kappa shape index (κ2) is 10.0. The molecule has 2 amide bonds. The first-order valence-corrected chi connectivity index (χ1v) is 10.5. The van der Waals surface area contributed by atoms with Gasteiger partial charge in [0, 0.05) is 35.6 Å². The third kappa shape index (κ3) is 5.54. The van der Waals surface area contributed by atoms with Crippen LogP contribution < -0.4 is 10.6 Å². The van der Waals surface area contributed by atoms with Gasteiger partial charge in [-0.15, -0.1) is 11.3 Å². The molecule has 0 unspecified atom stereocenters. The Morgan fingerprint density at radius 3 is 2.54 bits per heavy atom. The average Bonchev–Trinajstić information content (AvgIpc) is 3.22. The van der Waals surface area contributed by atoms with Gasteiger partial charge in [-0.2, -0.15) is 0 Å². The van der Waals surface area contributed by atoms with Gasteiger partial charge >= 0.3 is 11.8 Å². The zero-order chi connectivity index (χ0) is 19.9. The van der Waals surface area contributed by atoms with Crippen LogP contribution in [0.2, 0.25) is 5.02 Å². The number of carbonyl (C=O) groups excluding carboxylic acids is 2. The fraction of sp³-hybridized carbons (Fsp3) is 0.400. The minimum atomic E-state index is -0.645. The highest BCUT2D eigenvalue weighted by atomic mass is 35.5. The van der Waals surface area contributed by atoms with E-state index in [0.717, 1.165) is 23.5 Å². The van der Waals surface area contributed by atoms with Crippen LogP contribution >= 0.6 is 22.9 Å². The maximum Gasteiger partial charge on any atom is 0.309 e. The lowest BCUT2D eigenvalue weighted by molar-refractivity contribution is -0.140. The van der Waals surface area contributed by atoms with E-state index in [1.54, 1.807) is 23.5 Å². The summed E-state index contributed by atoms with van der Waals surface area (Å²) in [6.45, 7) is 5.14. The molecule has 1 saturated heterocycles. The monoisotopic (exact) mass is 421 g/mol. The van der Waals surface area contributed by atoms with Crippen molar-refractivity contribution >= 4 is 34.8 Å². The summed E-state index contributed by atoms with van der Waals surface area (Å²) in [5.41, 5.74) is 0.878. The number of rotatable bonds is 6. The van der Waals surface area contributed by atoms with Crippen LogP contribution in [0.25, 0.3) is 0 Å². The zero-order valence-corrected chi connectivity index (χ0v) is 17.3. The molecule has 0 saturated carbocycles. The summed E-state index contributed by atoms with van der Waals surface area (Å²) in [5.74, 6) is -1.27. The molecule has 0 aliphatic carbocycles. The van der Waals surface area contributed by atoms with E-state index < -0.39 is 11.8 Å². The minimum Gasteiger partial charge on any atom is -0.379 e.